The van der Waals surface area contributed by atoms with Gasteiger partial charge < -0.3 is 4.74 Å². The van der Waals surface area contributed by atoms with Gasteiger partial charge in [-0.05, 0) is 51.2 Å². The summed E-state index contributed by atoms with van der Waals surface area (Å²) in [5.74, 6) is 0.376. The van der Waals surface area contributed by atoms with Crippen LogP contribution in [0.1, 0.15) is 48.2 Å². The Morgan fingerprint density at radius 2 is 2.28 bits per heavy atom. The van der Waals surface area contributed by atoms with Crippen LogP contribution in [-0.4, -0.2) is 23.0 Å². The zero-order chi connectivity index (χ0) is 12.6. The molecule has 18 heavy (non-hydrogen) atoms. The number of Topliss-reactive ketones (excluding diaryl/α,β-unsaturated/α-hetero) is 1. The summed E-state index contributed by atoms with van der Waals surface area (Å²) in [6.07, 6.45) is 6.97. The minimum atomic E-state index is 0.0384. The Hall–Kier alpha value is -1.22. The number of hydrogen-bond donors (Lipinski definition) is 0. The van der Waals surface area contributed by atoms with Gasteiger partial charge >= 0.3 is 0 Å². The minimum Gasteiger partial charge on any atom is -0.375 e. The Morgan fingerprint density at radius 1 is 1.44 bits per heavy atom. The molecule has 3 rings (SSSR count). The molecular weight excluding hydrogens is 226 g/mol. The third-order valence-corrected chi connectivity index (χ3v) is 4.32. The molecule has 1 atom stereocenters. The van der Waals surface area contributed by atoms with E-state index < -0.39 is 0 Å². The molecule has 1 saturated heterocycles. The van der Waals surface area contributed by atoms with Gasteiger partial charge in [0.2, 0.25) is 0 Å². The summed E-state index contributed by atoms with van der Waals surface area (Å²) in [6.45, 7) is 2.67. The number of carbonyl (C=O) groups excluding carboxylic acids is 1. The van der Waals surface area contributed by atoms with Crippen molar-refractivity contribution >= 4 is 5.78 Å². The van der Waals surface area contributed by atoms with E-state index in [4.69, 9.17) is 4.74 Å². The maximum atomic E-state index is 12.4. The molecule has 3 nitrogen and oxygen atoms in total. The molecule has 1 aromatic rings. The third kappa shape index (κ3) is 2.07. The van der Waals surface area contributed by atoms with Gasteiger partial charge in [0.25, 0.3) is 0 Å². The highest BCUT2D eigenvalue weighted by molar-refractivity contribution is 5.97. The van der Waals surface area contributed by atoms with E-state index in [1.54, 1.807) is 6.20 Å². The van der Waals surface area contributed by atoms with Crippen LogP contribution < -0.4 is 0 Å². The zero-order valence-corrected chi connectivity index (χ0v) is 10.8. The SMILES string of the molecule is Cc1ccc(C(=O)C2CCOC3(CCC3)C2)cn1. The summed E-state index contributed by atoms with van der Waals surface area (Å²) in [7, 11) is 0. The lowest BCUT2D eigenvalue weighted by atomic mass is 9.70. The maximum Gasteiger partial charge on any atom is 0.167 e. The number of ketones is 1. The van der Waals surface area contributed by atoms with Gasteiger partial charge in [-0.3, -0.25) is 9.78 Å². The van der Waals surface area contributed by atoms with Gasteiger partial charge in [0.15, 0.2) is 5.78 Å². The van der Waals surface area contributed by atoms with Crippen LogP contribution in [0.25, 0.3) is 0 Å². The zero-order valence-electron chi connectivity index (χ0n) is 10.8. The minimum absolute atomic E-state index is 0.0384. The highest BCUT2D eigenvalue weighted by Crippen LogP contribution is 2.44. The van der Waals surface area contributed by atoms with Gasteiger partial charge in [-0.1, -0.05) is 0 Å². The van der Waals surface area contributed by atoms with Crippen molar-refractivity contribution in [2.75, 3.05) is 6.61 Å². The molecule has 1 spiro atoms. The Morgan fingerprint density at radius 3 is 2.89 bits per heavy atom. The van der Waals surface area contributed by atoms with Crippen LogP contribution in [-0.2, 0) is 4.74 Å². The molecule has 0 bridgehead atoms. The van der Waals surface area contributed by atoms with E-state index >= 15 is 0 Å². The lowest BCUT2D eigenvalue weighted by Crippen LogP contribution is -2.47. The Kier molecular flexibility index (Phi) is 2.94. The summed E-state index contributed by atoms with van der Waals surface area (Å²) in [5.41, 5.74) is 1.74. The van der Waals surface area contributed by atoms with Crippen LogP contribution in [0.4, 0.5) is 0 Å². The Bertz CT molecular complexity index is 448. The summed E-state index contributed by atoms with van der Waals surface area (Å²) in [5, 5.41) is 0. The molecule has 1 saturated carbocycles. The molecule has 1 unspecified atom stereocenters. The predicted octanol–water partition coefficient (Wildman–Crippen LogP) is 2.92. The Balaban J connectivity index is 1.74. The largest absolute Gasteiger partial charge is 0.375 e. The first-order valence-corrected chi connectivity index (χ1v) is 6.79. The smallest absolute Gasteiger partial charge is 0.167 e. The summed E-state index contributed by atoms with van der Waals surface area (Å²) >= 11 is 0. The fraction of sp³-hybridized carbons (Fsp3) is 0.600. The molecule has 3 heteroatoms. The first kappa shape index (κ1) is 11.8. The van der Waals surface area contributed by atoms with Crippen molar-refractivity contribution < 1.29 is 9.53 Å². The average molecular weight is 245 g/mol. The van der Waals surface area contributed by atoms with Crippen molar-refractivity contribution in [2.24, 2.45) is 5.92 Å². The van der Waals surface area contributed by atoms with Crippen LogP contribution >= 0.6 is 0 Å². The second-order valence-electron chi connectivity index (χ2n) is 5.63. The summed E-state index contributed by atoms with van der Waals surface area (Å²) < 4.78 is 5.87. The van der Waals surface area contributed by atoms with E-state index in [9.17, 15) is 4.79 Å². The molecule has 2 heterocycles. The van der Waals surface area contributed by atoms with Gasteiger partial charge in [0.1, 0.15) is 0 Å². The fourth-order valence-corrected chi connectivity index (χ4v) is 3.02. The monoisotopic (exact) mass is 245 g/mol. The van der Waals surface area contributed by atoms with Gasteiger partial charge in [0, 0.05) is 30.0 Å². The van der Waals surface area contributed by atoms with Crippen LogP contribution in [0, 0.1) is 12.8 Å². The number of nitrogens with zero attached hydrogens (tertiary/aromatic N) is 1. The number of aromatic nitrogens is 1. The number of ether oxygens (including phenoxy) is 1. The molecule has 1 aliphatic heterocycles. The maximum absolute atomic E-state index is 12.4. The van der Waals surface area contributed by atoms with E-state index in [0.717, 1.165) is 43.5 Å². The van der Waals surface area contributed by atoms with Gasteiger partial charge in [-0.15, -0.1) is 0 Å². The highest BCUT2D eigenvalue weighted by atomic mass is 16.5. The van der Waals surface area contributed by atoms with Crippen LogP contribution in [0.5, 0.6) is 0 Å². The third-order valence-electron chi connectivity index (χ3n) is 4.32. The van der Waals surface area contributed by atoms with Crippen molar-refractivity contribution in [3.05, 3.63) is 29.6 Å². The second-order valence-corrected chi connectivity index (χ2v) is 5.63. The molecule has 0 amide bonds. The summed E-state index contributed by atoms with van der Waals surface area (Å²) in [6, 6.07) is 3.80. The fourth-order valence-electron chi connectivity index (χ4n) is 3.02. The topological polar surface area (TPSA) is 39.2 Å². The molecule has 1 aromatic heterocycles. The van der Waals surface area contributed by atoms with Gasteiger partial charge in [-0.2, -0.15) is 0 Å². The van der Waals surface area contributed by atoms with E-state index in [1.165, 1.54) is 6.42 Å². The first-order valence-electron chi connectivity index (χ1n) is 6.79. The number of aryl methyl sites for hydroxylation is 1. The summed E-state index contributed by atoms with van der Waals surface area (Å²) in [4.78, 5) is 16.7. The van der Waals surface area contributed by atoms with Crippen molar-refractivity contribution in [2.45, 2.75) is 44.6 Å². The lowest BCUT2D eigenvalue weighted by Gasteiger charge is -2.46. The molecule has 0 aromatic carbocycles. The molecule has 2 fully saturated rings. The number of pyridine rings is 1. The standard InChI is InChI=1S/C15H19NO2/c1-11-3-4-13(10-16-11)14(17)12-5-8-18-15(9-12)6-2-7-15/h3-4,10,12H,2,5-9H2,1H3. The Labute approximate surface area is 108 Å². The molecule has 1 aliphatic carbocycles. The van der Waals surface area contributed by atoms with E-state index in [-0.39, 0.29) is 17.3 Å². The normalized spacial score (nSPS) is 25.7. The van der Waals surface area contributed by atoms with Crippen molar-refractivity contribution in [1.82, 2.24) is 4.98 Å². The molecule has 0 N–H and O–H groups in total. The van der Waals surface area contributed by atoms with Crippen molar-refractivity contribution in [1.29, 1.82) is 0 Å². The molecule has 96 valence electrons. The molecule has 0 radical (unpaired) electrons. The van der Waals surface area contributed by atoms with Crippen LogP contribution in [0.15, 0.2) is 18.3 Å². The van der Waals surface area contributed by atoms with E-state index in [1.807, 2.05) is 19.1 Å². The average Bonchev–Trinajstić information content (AvgIpc) is 2.37. The number of carbonyl (C=O) groups is 1. The molecular formula is C15H19NO2. The predicted molar refractivity (Wildman–Crippen MR) is 68.6 cm³/mol. The second kappa shape index (κ2) is 4.47. The van der Waals surface area contributed by atoms with E-state index in [0.29, 0.717) is 0 Å². The van der Waals surface area contributed by atoms with Gasteiger partial charge in [0.05, 0.1) is 5.60 Å². The quantitative estimate of drug-likeness (QED) is 0.752. The number of rotatable bonds is 2. The highest BCUT2D eigenvalue weighted by Gasteiger charge is 2.44. The molecule has 2 aliphatic rings. The van der Waals surface area contributed by atoms with Gasteiger partial charge in [-0.25, -0.2) is 0 Å². The first-order chi connectivity index (χ1) is 8.69. The van der Waals surface area contributed by atoms with Crippen LogP contribution in [0.3, 0.4) is 0 Å². The lowest BCUT2D eigenvalue weighted by molar-refractivity contribution is -0.137. The number of hydrogen-bond acceptors (Lipinski definition) is 3. The van der Waals surface area contributed by atoms with E-state index in [2.05, 4.69) is 4.98 Å². The van der Waals surface area contributed by atoms with Crippen molar-refractivity contribution in [3.8, 4) is 0 Å². The van der Waals surface area contributed by atoms with Crippen molar-refractivity contribution in [3.63, 3.8) is 0 Å². The van der Waals surface area contributed by atoms with Crippen LogP contribution in [0.2, 0.25) is 0 Å².